The topological polar surface area (TPSA) is 67.9 Å². The van der Waals surface area contributed by atoms with Gasteiger partial charge in [-0.3, -0.25) is 9.59 Å². The van der Waals surface area contributed by atoms with Crippen molar-refractivity contribution >= 4 is 11.8 Å². The Morgan fingerprint density at radius 2 is 1.87 bits per heavy atom. The zero-order valence-corrected chi connectivity index (χ0v) is 18.6. The number of carbonyl (C=O) groups is 2. The number of aryl methyl sites for hydroxylation is 1. The van der Waals surface area contributed by atoms with Gasteiger partial charge in [-0.25, -0.2) is 0 Å². The minimum Gasteiger partial charge on any atom is -0.493 e. The summed E-state index contributed by atoms with van der Waals surface area (Å²) in [7, 11) is 3.24. The molecule has 3 atom stereocenters. The summed E-state index contributed by atoms with van der Waals surface area (Å²) in [6, 6.07) is 11.0. The van der Waals surface area contributed by atoms with Crippen LogP contribution in [0.5, 0.6) is 11.5 Å². The van der Waals surface area contributed by atoms with Gasteiger partial charge in [0.15, 0.2) is 11.5 Å². The van der Waals surface area contributed by atoms with Gasteiger partial charge in [-0.2, -0.15) is 0 Å². The highest BCUT2D eigenvalue weighted by Gasteiger charge is 2.40. The minimum absolute atomic E-state index is 0.0459. The van der Waals surface area contributed by atoms with E-state index in [1.807, 2.05) is 43.3 Å². The summed E-state index contributed by atoms with van der Waals surface area (Å²) in [6.45, 7) is 4.57. The second-order valence-electron chi connectivity index (χ2n) is 8.43. The highest BCUT2D eigenvalue weighted by atomic mass is 16.5. The molecule has 164 valence electrons. The Labute approximate surface area is 183 Å². The molecule has 1 aliphatic carbocycles. The van der Waals surface area contributed by atoms with Crippen molar-refractivity contribution in [3.8, 4) is 11.5 Å². The molecule has 0 radical (unpaired) electrons. The number of rotatable bonds is 7. The number of benzene rings is 2. The van der Waals surface area contributed by atoms with Crippen LogP contribution in [0.4, 0.5) is 0 Å². The zero-order valence-electron chi connectivity index (χ0n) is 18.6. The molecule has 0 spiro atoms. The molecule has 0 fully saturated rings. The average Bonchev–Trinajstić information content (AvgIpc) is 3.33. The lowest BCUT2D eigenvalue weighted by molar-refractivity contribution is -0.128. The van der Waals surface area contributed by atoms with Crippen molar-refractivity contribution in [2.45, 2.75) is 51.7 Å². The van der Waals surface area contributed by atoms with Gasteiger partial charge in [0.1, 0.15) is 6.04 Å². The van der Waals surface area contributed by atoms with Crippen molar-refractivity contribution < 1.29 is 19.1 Å². The molecule has 6 heteroatoms. The largest absolute Gasteiger partial charge is 0.493 e. The van der Waals surface area contributed by atoms with Crippen LogP contribution >= 0.6 is 0 Å². The van der Waals surface area contributed by atoms with Crippen LogP contribution in [0.1, 0.15) is 59.8 Å². The fraction of sp³-hybridized carbons (Fsp3) is 0.440. The van der Waals surface area contributed by atoms with Gasteiger partial charge < -0.3 is 19.7 Å². The second-order valence-corrected chi connectivity index (χ2v) is 8.43. The number of hydrogen-bond donors (Lipinski definition) is 1. The summed E-state index contributed by atoms with van der Waals surface area (Å²) in [5.74, 6) is 1.25. The molecule has 0 unspecified atom stereocenters. The minimum atomic E-state index is -0.505. The number of amides is 2. The lowest BCUT2D eigenvalue weighted by Crippen LogP contribution is -2.51. The molecule has 0 saturated heterocycles. The van der Waals surface area contributed by atoms with Gasteiger partial charge in [-0.15, -0.1) is 0 Å². The van der Waals surface area contributed by atoms with Crippen LogP contribution < -0.4 is 14.8 Å². The third kappa shape index (κ3) is 3.75. The molecular formula is C25H30N2O4. The lowest BCUT2D eigenvalue weighted by Gasteiger charge is -2.32. The first kappa shape index (κ1) is 21.2. The van der Waals surface area contributed by atoms with Crippen LogP contribution in [0.2, 0.25) is 0 Å². The molecule has 6 nitrogen and oxygen atoms in total. The molecule has 1 N–H and O–H groups in total. The maximum Gasteiger partial charge on any atom is 0.255 e. The van der Waals surface area contributed by atoms with Gasteiger partial charge in [0.25, 0.3) is 5.91 Å². The van der Waals surface area contributed by atoms with Crippen molar-refractivity contribution in [3.63, 3.8) is 0 Å². The standard InChI is InChI=1S/C25H30N2O4/c1-5-15(2)23(27-14-17-8-6-7-9-18(17)25(27)29)24(28)26-20-11-10-16-12-21(30-3)22(31-4)13-19(16)20/h6-9,12-13,15,20,23H,5,10-11,14H2,1-4H3,(H,26,28)/t15-,20-,23+/m0/s1. The maximum atomic E-state index is 13.5. The number of ether oxygens (including phenoxy) is 2. The molecule has 4 rings (SSSR count). The molecule has 1 heterocycles. The van der Waals surface area contributed by atoms with Gasteiger partial charge >= 0.3 is 0 Å². The van der Waals surface area contributed by atoms with Gasteiger partial charge in [0, 0.05) is 12.1 Å². The van der Waals surface area contributed by atoms with E-state index in [-0.39, 0.29) is 23.8 Å². The Morgan fingerprint density at radius 1 is 1.16 bits per heavy atom. The van der Waals surface area contributed by atoms with Crippen LogP contribution in [0.3, 0.4) is 0 Å². The third-order valence-corrected chi connectivity index (χ3v) is 6.68. The quantitative estimate of drug-likeness (QED) is 0.735. The Morgan fingerprint density at radius 3 is 2.55 bits per heavy atom. The molecule has 2 aliphatic rings. The van der Waals surface area contributed by atoms with Crippen LogP contribution in [0.25, 0.3) is 0 Å². The van der Waals surface area contributed by atoms with E-state index in [0.29, 0.717) is 23.6 Å². The van der Waals surface area contributed by atoms with Crippen LogP contribution in [0.15, 0.2) is 36.4 Å². The van der Waals surface area contributed by atoms with Crippen molar-refractivity contribution in [1.82, 2.24) is 10.2 Å². The highest BCUT2D eigenvalue weighted by Crippen LogP contribution is 2.39. The third-order valence-electron chi connectivity index (χ3n) is 6.68. The van der Waals surface area contributed by atoms with Crippen molar-refractivity contribution in [2.24, 2.45) is 5.92 Å². The first-order valence-corrected chi connectivity index (χ1v) is 10.9. The molecule has 31 heavy (non-hydrogen) atoms. The van der Waals surface area contributed by atoms with Crippen molar-refractivity contribution in [1.29, 1.82) is 0 Å². The summed E-state index contributed by atoms with van der Waals surface area (Å²) in [6.07, 6.45) is 2.49. The summed E-state index contributed by atoms with van der Waals surface area (Å²) in [5.41, 5.74) is 3.90. The van der Waals surface area contributed by atoms with Crippen LogP contribution in [-0.4, -0.2) is 37.0 Å². The predicted octanol–water partition coefficient (Wildman–Crippen LogP) is 3.88. The molecule has 2 aromatic rings. The van der Waals surface area contributed by atoms with Crippen molar-refractivity contribution in [2.75, 3.05) is 14.2 Å². The average molecular weight is 423 g/mol. The fourth-order valence-electron chi connectivity index (χ4n) is 4.77. The lowest BCUT2D eigenvalue weighted by atomic mass is 9.96. The molecule has 0 saturated carbocycles. The van der Waals surface area contributed by atoms with E-state index in [9.17, 15) is 9.59 Å². The summed E-state index contributed by atoms with van der Waals surface area (Å²) >= 11 is 0. The Kier molecular flexibility index (Phi) is 5.90. The van der Waals surface area contributed by atoms with Crippen LogP contribution in [0, 0.1) is 5.92 Å². The highest BCUT2D eigenvalue weighted by molar-refractivity contribution is 6.01. The Balaban J connectivity index is 1.58. The number of nitrogens with one attached hydrogen (secondary N) is 1. The first-order valence-electron chi connectivity index (χ1n) is 10.9. The molecule has 2 amide bonds. The van der Waals surface area contributed by atoms with E-state index in [4.69, 9.17) is 9.47 Å². The number of nitrogens with zero attached hydrogens (tertiary/aromatic N) is 1. The van der Waals surface area contributed by atoms with E-state index >= 15 is 0 Å². The summed E-state index contributed by atoms with van der Waals surface area (Å²) in [5, 5.41) is 3.23. The van der Waals surface area contributed by atoms with Crippen molar-refractivity contribution in [3.05, 3.63) is 58.7 Å². The van der Waals surface area contributed by atoms with Gasteiger partial charge in [-0.05, 0) is 53.6 Å². The van der Waals surface area contributed by atoms with Gasteiger partial charge in [0.05, 0.1) is 20.3 Å². The van der Waals surface area contributed by atoms with Crippen LogP contribution in [-0.2, 0) is 17.8 Å². The molecule has 0 aromatic heterocycles. The number of methoxy groups -OCH3 is 2. The normalized spacial score (nSPS) is 18.9. The second kappa shape index (κ2) is 8.61. The molecule has 0 bridgehead atoms. The summed E-state index contributed by atoms with van der Waals surface area (Å²) < 4.78 is 10.9. The van der Waals surface area contributed by atoms with E-state index in [2.05, 4.69) is 12.2 Å². The number of hydrogen-bond acceptors (Lipinski definition) is 4. The maximum absolute atomic E-state index is 13.5. The molecular weight excluding hydrogens is 392 g/mol. The fourth-order valence-corrected chi connectivity index (χ4v) is 4.77. The molecule has 2 aromatic carbocycles. The smallest absolute Gasteiger partial charge is 0.255 e. The summed E-state index contributed by atoms with van der Waals surface area (Å²) in [4.78, 5) is 28.3. The number of carbonyl (C=O) groups excluding carboxylic acids is 2. The Bertz CT molecular complexity index is 1000. The molecule has 1 aliphatic heterocycles. The van der Waals surface area contributed by atoms with E-state index in [1.54, 1.807) is 19.1 Å². The first-order chi connectivity index (χ1) is 15.0. The van der Waals surface area contributed by atoms with E-state index < -0.39 is 6.04 Å². The van der Waals surface area contributed by atoms with E-state index in [0.717, 1.165) is 36.0 Å². The monoisotopic (exact) mass is 422 g/mol. The van der Waals surface area contributed by atoms with E-state index in [1.165, 1.54) is 0 Å². The van der Waals surface area contributed by atoms with Gasteiger partial charge in [0.2, 0.25) is 5.91 Å². The SMILES string of the molecule is CC[C@H](C)[C@H](C(=O)N[C@H]1CCc2cc(OC)c(OC)cc21)N1Cc2ccccc2C1=O. The predicted molar refractivity (Wildman–Crippen MR) is 118 cm³/mol. The Hall–Kier alpha value is -3.02. The number of fused-ring (bicyclic) bond motifs is 2. The van der Waals surface area contributed by atoms with Gasteiger partial charge in [-0.1, -0.05) is 38.5 Å². The zero-order chi connectivity index (χ0) is 22.1.